The second kappa shape index (κ2) is 8.89. The second-order valence-electron chi connectivity index (χ2n) is 6.25. The molecule has 3 nitrogen and oxygen atoms in total. The van der Waals surface area contributed by atoms with Gasteiger partial charge in [-0.3, -0.25) is 0 Å². The van der Waals surface area contributed by atoms with Gasteiger partial charge >= 0.3 is 6.36 Å². The highest BCUT2D eigenvalue weighted by molar-refractivity contribution is 5.85. The SMILES string of the molecule is Cc1cc(C)cc(Nc2cc(OC(F)(F)F)ccc2Nc2ccccc2)c1.Cl. The molecular formula is C21H20ClF3N2O. The third-order valence-electron chi connectivity index (χ3n) is 3.78. The minimum absolute atomic E-state index is 0. The maximum absolute atomic E-state index is 12.6. The lowest BCUT2D eigenvalue weighted by Crippen LogP contribution is -2.17. The molecule has 0 aromatic heterocycles. The normalized spacial score (nSPS) is 10.8. The van der Waals surface area contributed by atoms with Crippen molar-refractivity contribution >= 4 is 35.2 Å². The van der Waals surface area contributed by atoms with E-state index in [0.717, 1.165) is 22.5 Å². The van der Waals surface area contributed by atoms with Gasteiger partial charge < -0.3 is 15.4 Å². The van der Waals surface area contributed by atoms with Crippen molar-refractivity contribution in [3.05, 3.63) is 77.9 Å². The highest BCUT2D eigenvalue weighted by atomic mass is 35.5. The summed E-state index contributed by atoms with van der Waals surface area (Å²) in [5, 5.41) is 6.40. The van der Waals surface area contributed by atoms with Crippen molar-refractivity contribution in [1.29, 1.82) is 0 Å². The van der Waals surface area contributed by atoms with Gasteiger partial charge in [-0.05, 0) is 61.4 Å². The molecule has 0 aliphatic carbocycles. The molecule has 2 N–H and O–H groups in total. The number of anilines is 4. The van der Waals surface area contributed by atoms with Crippen LogP contribution in [0.25, 0.3) is 0 Å². The first-order chi connectivity index (χ1) is 12.8. The summed E-state index contributed by atoms with van der Waals surface area (Å²) in [5.74, 6) is -0.284. The van der Waals surface area contributed by atoms with E-state index in [1.54, 1.807) is 6.07 Å². The summed E-state index contributed by atoms with van der Waals surface area (Å²) in [6, 6.07) is 19.4. The quantitative estimate of drug-likeness (QED) is 0.472. The van der Waals surface area contributed by atoms with Crippen LogP contribution in [0.4, 0.5) is 35.9 Å². The number of halogens is 4. The largest absolute Gasteiger partial charge is 0.573 e. The molecule has 0 bridgehead atoms. The van der Waals surface area contributed by atoms with E-state index in [9.17, 15) is 13.2 Å². The molecule has 0 heterocycles. The van der Waals surface area contributed by atoms with Crippen LogP contribution in [-0.2, 0) is 0 Å². The summed E-state index contributed by atoms with van der Waals surface area (Å²) in [7, 11) is 0. The number of rotatable bonds is 5. The zero-order valence-electron chi connectivity index (χ0n) is 15.3. The van der Waals surface area contributed by atoms with E-state index in [0.29, 0.717) is 11.4 Å². The number of hydrogen-bond acceptors (Lipinski definition) is 3. The molecular weight excluding hydrogens is 389 g/mol. The Balaban J connectivity index is 0.00000280. The van der Waals surface area contributed by atoms with E-state index in [-0.39, 0.29) is 18.2 Å². The third-order valence-corrected chi connectivity index (χ3v) is 3.78. The van der Waals surface area contributed by atoms with E-state index >= 15 is 0 Å². The zero-order valence-corrected chi connectivity index (χ0v) is 16.1. The van der Waals surface area contributed by atoms with Crippen LogP contribution in [0.1, 0.15) is 11.1 Å². The fourth-order valence-corrected chi connectivity index (χ4v) is 2.81. The van der Waals surface area contributed by atoms with Crippen LogP contribution >= 0.6 is 12.4 Å². The molecule has 0 saturated carbocycles. The summed E-state index contributed by atoms with van der Waals surface area (Å²) < 4.78 is 41.8. The van der Waals surface area contributed by atoms with Gasteiger partial charge in [0.1, 0.15) is 5.75 Å². The summed E-state index contributed by atoms with van der Waals surface area (Å²) in [6.45, 7) is 3.93. The Morgan fingerprint density at radius 2 is 1.32 bits per heavy atom. The standard InChI is InChI=1S/C21H19F3N2O.ClH/c1-14-10-15(2)12-17(11-14)26-20-13-18(27-21(22,23)24)8-9-19(20)25-16-6-4-3-5-7-16;/h3-13,25-26H,1-2H3;1H. The molecule has 0 aliphatic heterocycles. The highest BCUT2D eigenvalue weighted by Gasteiger charge is 2.31. The second-order valence-corrected chi connectivity index (χ2v) is 6.25. The lowest BCUT2D eigenvalue weighted by molar-refractivity contribution is -0.274. The Morgan fingerprint density at radius 1 is 0.714 bits per heavy atom. The first-order valence-electron chi connectivity index (χ1n) is 8.36. The van der Waals surface area contributed by atoms with E-state index in [4.69, 9.17) is 0 Å². The third kappa shape index (κ3) is 6.09. The number of para-hydroxylation sites is 1. The Kier molecular flexibility index (Phi) is 6.80. The molecule has 0 radical (unpaired) electrons. The maximum atomic E-state index is 12.6. The maximum Gasteiger partial charge on any atom is 0.573 e. The number of benzene rings is 3. The Hall–Kier alpha value is -2.86. The molecule has 0 unspecified atom stereocenters. The molecule has 0 atom stereocenters. The Morgan fingerprint density at radius 3 is 1.93 bits per heavy atom. The molecule has 3 aromatic rings. The topological polar surface area (TPSA) is 33.3 Å². The number of nitrogens with one attached hydrogen (secondary N) is 2. The predicted octanol–water partition coefficient (Wildman–Crippen LogP) is 7.11. The fraction of sp³-hybridized carbons (Fsp3) is 0.143. The molecule has 7 heteroatoms. The first-order valence-corrected chi connectivity index (χ1v) is 8.36. The van der Waals surface area contributed by atoms with Gasteiger partial charge in [0.05, 0.1) is 11.4 Å². The van der Waals surface area contributed by atoms with Gasteiger partial charge in [0.25, 0.3) is 0 Å². The van der Waals surface area contributed by atoms with Crippen LogP contribution in [0.5, 0.6) is 5.75 Å². The molecule has 148 valence electrons. The van der Waals surface area contributed by atoms with Crippen LogP contribution in [0.3, 0.4) is 0 Å². The van der Waals surface area contributed by atoms with Crippen LogP contribution in [0, 0.1) is 13.8 Å². The summed E-state index contributed by atoms with van der Waals surface area (Å²) in [4.78, 5) is 0. The van der Waals surface area contributed by atoms with Crippen molar-refractivity contribution in [3.63, 3.8) is 0 Å². The fourth-order valence-electron chi connectivity index (χ4n) is 2.81. The summed E-state index contributed by atoms with van der Waals surface area (Å²) >= 11 is 0. The molecule has 0 aliphatic rings. The minimum Gasteiger partial charge on any atom is -0.406 e. The van der Waals surface area contributed by atoms with Crippen LogP contribution < -0.4 is 15.4 Å². The summed E-state index contributed by atoms with van der Waals surface area (Å²) in [5.41, 5.74) is 4.83. The van der Waals surface area contributed by atoms with Gasteiger partial charge in [0, 0.05) is 17.4 Å². The average molecular weight is 409 g/mol. The number of ether oxygens (including phenoxy) is 1. The van der Waals surface area contributed by atoms with Crippen molar-refractivity contribution in [2.24, 2.45) is 0 Å². The number of aryl methyl sites for hydroxylation is 2. The van der Waals surface area contributed by atoms with Gasteiger partial charge in [0.2, 0.25) is 0 Å². The molecule has 28 heavy (non-hydrogen) atoms. The highest BCUT2D eigenvalue weighted by Crippen LogP contribution is 2.34. The van der Waals surface area contributed by atoms with Crippen LogP contribution in [0.15, 0.2) is 66.7 Å². The molecule has 3 rings (SSSR count). The first kappa shape index (κ1) is 21.4. The van der Waals surface area contributed by atoms with Crippen molar-refractivity contribution in [2.45, 2.75) is 20.2 Å². The lowest BCUT2D eigenvalue weighted by Gasteiger charge is -2.17. The van der Waals surface area contributed by atoms with Gasteiger partial charge in [-0.25, -0.2) is 0 Å². The minimum atomic E-state index is -4.74. The van der Waals surface area contributed by atoms with E-state index < -0.39 is 6.36 Å². The average Bonchev–Trinajstić information content (AvgIpc) is 2.56. The predicted molar refractivity (Wildman–Crippen MR) is 109 cm³/mol. The van der Waals surface area contributed by atoms with Crippen molar-refractivity contribution < 1.29 is 17.9 Å². The molecule has 3 aromatic carbocycles. The van der Waals surface area contributed by atoms with Crippen molar-refractivity contribution in [1.82, 2.24) is 0 Å². The molecule has 0 fully saturated rings. The van der Waals surface area contributed by atoms with Crippen molar-refractivity contribution in [2.75, 3.05) is 10.6 Å². The van der Waals surface area contributed by atoms with Crippen molar-refractivity contribution in [3.8, 4) is 5.75 Å². The smallest absolute Gasteiger partial charge is 0.406 e. The zero-order chi connectivity index (χ0) is 19.4. The molecule has 0 amide bonds. The molecule has 0 spiro atoms. The van der Waals surface area contributed by atoms with Crippen LogP contribution in [-0.4, -0.2) is 6.36 Å². The monoisotopic (exact) mass is 408 g/mol. The van der Waals surface area contributed by atoms with Gasteiger partial charge in [-0.15, -0.1) is 25.6 Å². The Labute approximate surface area is 168 Å². The number of hydrogen-bond donors (Lipinski definition) is 2. The van der Waals surface area contributed by atoms with E-state index in [1.807, 2.05) is 62.4 Å². The van der Waals surface area contributed by atoms with Crippen LogP contribution in [0.2, 0.25) is 0 Å². The molecule has 0 saturated heterocycles. The Bertz CT molecular complexity index is 910. The summed E-state index contributed by atoms with van der Waals surface area (Å²) in [6.07, 6.45) is -4.74. The van der Waals surface area contributed by atoms with E-state index in [1.165, 1.54) is 12.1 Å². The lowest BCUT2D eigenvalue weighted by atomic mass is 10.1. The van der Waals surface area contributed by atoms with E-state index in [2.05, 4.69) is 15.4 Å². The number of alkyl halides is 3. The van der Waals surface area contributed by atoms with Gasteiger partial charge in [0.15, 0.2) is 0 Å². The van der Waals surface area contributed by atoms with Gasteiger partial charge in [-0.1, -0.05) is 24.3 Å². The van der Waals surface area contributed by atoms with Gasteiger partial charge in [-0.2, -0.15) is 0 Å².